The molecule has 79 heavy (non-hydrogen) atoms. The van der Waals surface area contributed by atoms with Crippen LogP contribution in [0.4, 0.5) is 0 Å². The number of aliphatic hydroxyl groups excluding tert-OH is 2. The minimum atomic E-state index is -1.65. The second-order valence-electron chi connectivity index (χ2n) is 22.0. The average molecular weight is 1120 g/mol. The minimum Gasteiger partial charge on any atom is -0.391 e. The van der Waals surface area contributed by atoms with E-state index in [1.807, 2.05) is 0 Å². The molecule has 1 heterocycles. The van der Waals surface area contributed by atoms with Gasteiger partial charge >= 0.3 is 0 Å². The van der Waals surface area contributed by atoms with Gasteiger partial charge in [-0.1, -0.05) is 85.5 Å². The molecule has 0 bridgehead atoms. The predicted molar refractivity (Wildman–Crippen MR) is 296 cm³/mol. The van der Waals surface area contributed by atoms with E-state index in [9.17, 15) is 58.2 Å². The van der Waals surface area contributed by atoms with Gasteiger partial charge in [0, 0.05) is 12.5 Å². The molecule has 2 aliphatic rings. The highest BCUT2D eigenvalue weighted by molar-refractivity contribution is 5.99. The molecular formula is C53H98N14O12. The van der Waals surface area contributed by atoms with E-state index in [0.29, 0.717) is 12.8 Å². The Labute approximate surface area is 466 Å². The Morgan fingerprint density at radius 1 is 0.506 bits per heavy atom. The van der Waals surface area contributed by atoms with E-state index in [2.05, 4.69) is 53.2 Å². The summed E-state index contributed by atoms with van der Waals surface area (Å²) in [6.07, 6.45) is 6.67. The number of nitrogens with one attached hydrogen (secondary N) is 10. The van der Waals surface area contributed by atoms with Crippen LogP contribution in [0, 0.1) is 17.8 Å². The molecule has 26 heteroatoms. The van der Waals surface area contributed by atoms with Gasteiger partial charge in [0.25, 0.3) is 0 Å². The first-order valence-electron chi connectivity index (χ1n) is 28.7. The third-order valence-electron chi connectivity index (χ3n) is 14.0. The van der Waals surface area contributed by atoms with E-state index in [1.165, 1.54) is 20.3 Å². The van der Waals surface area contributed by atoms with Gasteiger partial charge in [-0.2, -0.15) is 0 Å². The van der Waals surface area contributed by atoms with E-state index < -0.39 is 145 Å². The van der Waals surface area contributed by atoms with Crippen molar-refractivity contribution < 1.29 is 58.2 Å². The summed E-state index contributed by atoms with van der Waals surface area (Å²) in [6.45, 7) is 8.85. The van der Waals surface area contributed by atoms with Crippen LogP contribution in [0.2, 0.25) is 0 Å². The Hall–Kier alpha value is -5.54. The van der Waals surface area contributed by atoms with Crippen molar-refractivity contribution in [3.63, 3.8) is 0 Å². The molecule has 2 rings (SSSR count). The molecule has 1 aliphatic carbocycles. The largest absolute Gasteiger partial charge is 0.391 e. The topological polar surface area (TPSA) is 436 Å². The van der Waals surface area contributed by atoms with Crippen LogP contribution in [0.15, 0.2) is 0 Å². The number of amides is 10. The van der Waals surface area contributed by atoms with E-state index in [4.69, 9.17) is 22.9 Å². The first-order valence-corrected chi connectivity index (χ1v) is 28.7. The second-order valence-corrected chi connectivity index (χ2v) is 22.0. The molecule has 0 aromatic heterocycles. The van der Waals surface area contributed by atoms with Crippen LogP contribution >= 0.6 is 0 Å². The van der Waals surface area contributed by atoms with Crippen molar-refractivity contribution in [2.24, 2.45) is 40.7 Å². The van der Waals surface area contributed by atoms with E-state index in [-0.39, 0.29) is 76.5 Å². The van der Waals surface area contributed by atoms with Crippen LogP contribution in [0.1, 0.15) is 157 Å². The van der Waals surface area contributed by atoms with Gasteiger partial charge < -0.3 is 86.3 Å². The van der Waals surface area contributed by atoms with Crippen LogP contribution in [0.5, 0.6) is 0 Å². The SMILES string of the molecule is CC(C)CC1NC(=O)C(CC(C)C)NC(=O)[C@H](CCN)NC(=O)C(NC(=O)[C@H](CCN)NC(=O)[C@@H](NC(=O)C2CCCCCCCCCCC2)[C@@H](C)O)CCNC(=O)[C@H]([C@@H](C)O)NC(=O)[C@H](CCN)NC(=O)C(CCN)NC1=O. The number of hydrogen-bond acceptors (Lipinski definition) is 16. The molecule has 0 aromatic carbocycles. The Morgan fingerprint density at radius 2 is 0.911 bits per heavy atom. The van der Waals surface area contributed by atoms with Crippen molar-refractivity contribution >= 4 is 59.1 Å². The fourth-order valence-electron chi connectivity index (χ4n) is 9.52. The molecular weight excluding hydrogens is 1020 g/mol. The number of nitrogens with two attached hydrogens (primary N) is 4. The van der Waals surface area contributed by atoms with Crippen LogP contribution in [-0.4, -0.2) is 169 Å². The van der Waals surface area contributed by atoms with Gasteiger partial charge in [-0.25, -0.2) is 0 Å². The lowest BCUT2D eigenvalue weighted by atomic mass is 9.92. The Bertz CT molecular complexity index is 1950. The lowest BCUT2D eigenvalue weighted by molar-refractivity contribution is -0.137. The third kappa shape index (κ3) is 25.6. The van der Waals surface area contributed by atoms with Gasteiger partial charge in [-0.3, -0.25) is 47.9 Å². The molecule has 1 saturated carbocycles. The maximum Gasteiger partial charge on any atom is 0.245 e. The molecule has 26 nitrogen and oxygen atoms in total. The number of carbonyl (C=O) groups is 10. The average Bonchev–Trinajstić information content (AvgIpc) is 3.37. The Balaban J connectivity index is 2.63. The van der Waals surface area contributed by atoms with E-state index in [1.54, 1.807) is 27.7 Å². The molecule has 0 spiro atoms. The molecule has 1 aliphatic heterocycles. The lowest BCUT2D eigenvalue weighted by Gasteiger charge is -2.29. The fraction of sp³-hybridized carbons (Fsp3) is 0.811. The smallest absolute Gasteiger partial charge is 0.245 e. The summed E-state index contributed by atoms with van der Waals surface area (Å²) in [6, 6.07) is -12.8. The van der Waals surface area contributed by atoms with Gasteiger partial charge in [0.2, 0.25) is 59.1 Å². The van der Waals surface area contributed by atoms with Crippen molar-refractivity contribution in [3.05, 3.63) is 0 Å². The highest BCUT2D eigenvalue weighted by Crippen LogP contribution is 2.22. The molecule has 0 aromatic rings. The number of carbonyl (C=O) groups excluding carboxylic acids is 10. The molecule has 452 valence electrons. The van der Waals surface area contributed by atoms with Crippen molar-refractivity contribution in [1.82, 2.24) is 53.2 Å². The van der Waals surface area contributed by atoms with Gasteiger partial charge in [0.15, 0.2) is 0 Å². The molecule has 1 saturated heterocycles. The summed E-state index contributed by atoms with van der Waals surface area (Å²) in [4.78, 5) is 140. The molecule has 0 radical (unpaired) electrons. The van der Waals surface area contributed by atoms with Gasteiger partial charge in [0.1, 0.15) is 54.4 Å². The quantitative estimate of drug-likeness (QED) is 0.0579. The van der Waals surface area contributed by atoms with Gasteiger partial charge in [0.05, 0.1) is 12.2 Å². The minimum absolute atomic E-state index is 0.0694. The first-order chi connectivity index (χ1) is 37.5. The van der Waals surface area contributed by atoms with Gasteiger partial charge in [-0.15, -0.1) is 0 Å². The van der Waals surface area contributed by atoms with Crippen molar-refractivity contribution in [1.29, 1.82) is 0 Å². The predicted octanol–water partition coefficient (Wildman–Crippen LogP) is -2.96. The van der Waals surface area contributed by atoms with E-state index in [0.717, 1.165) is 51.4 Å². The zero-order valence-electron chi connectivity index (χ0n) is 47.6. The zero-order chi connectivity index (χ0) is 59.2. The molecule has 4 unspecified atom stereocenters. The summed E-state index contributed by atoms with van der Waals surface area (Å²) in [5.41, 5.74) is 23.5. The van der Waals surface area contributed by atoms with Crippen LogP contribution < -0.4 is 76.1 Å². The van der Waals surface area contributed by atoms with Crippen LogP contribution in [0.25, 0.3) is 0 Å². The molecule has 20 N–H and O–H groups in total. The summed E-state index contributed by atoms with van der Waals surface area (Å²) in [5.74, 6) is -9.04. The summed E-state index contributed by atoms with van der Waals surface area (Å²) >= 11 is 0. The second kappa shape index (κ2) is 37.4. The van der Waals surface area contributed by atoms with Crippen LogP contribution in [0.3, 0.4) is 0 Å². The highest BCUT2D eigenvalue weighted by Gasteiger charge is 2.37. The standard InChI is InChI=1S/C53H98N14O12/c1-30(2)28-40-50(76)61-35(18-23-54)45(71)60-38(21-26-57)49(75)67-42(32(5)68)52(78)58-27-22-39(48(74)59-36(19-24-55)47(73)64-41(29-31(3)4)51(77)65-40)62-46(72)37(20-25-56)63-53(79)43(33(6)69)66-44(70)34-16-14-12-10-8-7-9-11-13-15-17-34/h30-43,68-69H,7-29,54-57H2,1-6H3,(H,58,78)(H,59,74)(H,60,71)(H,61,76)(H,62,72)(H,63,79)(H,64,73)(H,65,77)(H,66,70)(H,67,75)/t32-,33-,35?,36+,37+,38+,39?,40?,41?,42+,43+/m1/s1. The fourth-order valence-corrected chi connectivity index (χ4v) is 9.52. The number of rotatable bonds is 20. The Kier molecular flexibility index (Phi) is 32.9. The summed E-state index contributed by atoms with van der Waals surface area (Å²) in [5, 5.41) is 47.6. The molecule has 10 amide bonds. The monoisotopic (exact) mass is 1120 g/mol. The zero-order valence-corrected chi connectivity index (χ0v) is 47.6. The number of hydrogen-bond donors (Lipinski definition) is 16. The molecule has 2 fully saturated rings. The van der Waals surface area contributed by atoms with Crippen molar-refractivity contribution in [2.75, 3.05) is 32.7 Å². The molecule has 11 atom stereocenters. The highest BCUT2D eigenvalue weighted by atomic mass is 16.3. The van der Waals surface area contributed by atoms with Crippen molar-refractivity contribution in [3.8, 4) is 0 Å². The van der Waals surface area contributed by atoms with Gasteiger partial charge in [-0.05, 0) is 110 Å². The van der Waals surface area contributed by atoms with E-state index >= 15 is 0 Å². The third-order valence-corrected chi connectivity index (χ3v) is 14.0. The van der Waals surface area contributed by atoms with Crippen LogP contribution in [-0.2, 0) is 47.9 Å². The summed E-state index contributed by atoms with van der Waals surface area (Å²) in [7, 11) is 0. The summed E-state index contributed by atoms with van der Waals surface area (Å²) < 4.78 is 0. The maximum absolute atomic E-state index is 14.4. The van der Waals surface area contributed by atoms with Crippen molar-refractivity contribution in [2.45, 2.75) is 224 Å². The number of aliphatic hydroxyl groups is 2. The maximum atomic E-state index is 14.4. The lowest BCUT2D eigenvalue weighted by Crippen LogP contribution is -2.61. The Morgan fingerprint density at radius 3 is 1.32 bits per heavy atom. The first kappa shape index (κ1) is 69.6. The normalized spacial score (nSPS) is 25.4.